The third-order valence-electron chi connectivity index (χ3n) is 2.24. The molecule has 5 heteroatoms. The molecule has 2 atom stereocenters. The first-order valence-electron chi connectivity index (χ1n) is 3.96. The summed E-state index contributed by atoms with van der Waals surface area (Å²) in [6.45, 7) is -0.964. The van der Waals surface area contributed by atoms with E-state index in [4.69, 9.17) is 15.3 Å². The molecule has 1 aliphatic rings. The van der Waals surface area contributed by atoms with Crippen LogP contribution in [0.3, 0.4) is 0 Å². The highest BCUT2D eigenvalue weighted by atomic mass is 16.3. The Morgan fingerprint density at radius 3 is 2.54 bits per heavy atom. The van der Waals surface area contributed by atoms with Gasteiger partial charge in [-0.15, -0.1) is 0 Å². The van der Waals surface area contributed by atoms with Crippen LogP contribution in [0.1, 0.15) is 6.42 Å². The summed E-state index contributed by atoms with van der Waals surface area (Å²) >= 11 is 0. The third-order valence-corrected chi connectivity index (χ3v) is 2.24. The Bertz CT molecular complexity index is 245. The van der Waals surface area contributed by atoms with E-state index in [1.807, 2.05) is 0 Å². The molecule has 0 bridgehead atoms. The Balaban J connectivity index is 2.86. The van der Waals surface area contributed by atoms with Gasteiger partial charge in [-0.3, -0.25) is 4.79 Å². The number of hydrogen-bond acceptors (Lipinski definition) is 5. The van der Waals surface area contributed by atoms with Crippen LogP contribution in [0.15, 0.2) is 11.3 Å². The maximum atomic E-state index is 11.0. The van der Waals surface area contributed by atoms with Crippen LogP contribution in [-0.4, -0.2) is 45.5 Å². The first-order valence-corrected chi connectivity index (χ1v) is 3.96. The van der Waals surface area contributed by atoms with E-state index in [-0.39, 0.29) is 12.0 Å². The predicted octanol–water partition coefficient (Wildman–Crippen LogP) is -1.27. The van der Waals surface area contributed by atoms with Crippen molar-refractivity contribution in [2.45, 2.75) is 12.5 Å². The van der Waals surface area contributed by atoms with E-state index in [0.717, 1.165) is 0 Å². The van der Waals surface area contributed by atoms with Gasteiger partial charge in [-0.05, 0) is 0 Å². The number of hydrogen-bond donors (Lipinski definition) is 4. The Morgan fingerprint density at radius 1 is 1.46 bits per heavy atom. The van der Waals surface area contributed by atoms with Crippen molar-refractivity contribution in [1.82, 2.24) is 0 Å². The zero-order valence-corrected chi connectivity index (χ0v) is 6.97. The Hall–Kier alpha value is -0.910. The molecule has 0 fully saturated rings. The van der Waals surface area contributed by atoms with Crippen LogP contribution in [0.25, 0.3) is 0 Å². The topological polar surface area (TPSA) is 98.0 Å². The molecule has 0 heterocycles. The highest BCUT2D eigenvalue weighted by Crippen LogP contribution is 2.30. The van der Waals surface area contributed by atoms with E-state index >= 15 is 0 Å². The van der Waals surface area contributed by atoms with Crippen molar-refractivity contribution in [1.29, 1.82) is 0 Å². The fraction of sp³-hybridized carbons (Fsp3) is 0.625. The molecule has 0 saturated carbocycles. The summed E-state index contributed by atoms with van der Waals surface area (Å²) in [4.78, 5) is 11.0. The van der Waals surface area contributed by atoms with E-state index in [9.17, 15) is 9.90 Å². The summed E-state index contributed by atoms with van der Waals surface area (Å²) in [5.74, 6) is -1.62. The molecule has 1 aliphatic carbocycles. The van der Waals surface area contributed by atoms with Crippen LogP contribution >= 0.6 is 0 Å². The minimum absolute atomic E-state index is 0.0521. The molecule has 0 saturated heterocycles. The van der Waals surface area contributed by atoms with E-state index in [1.165, 1.54) is 0 Å². The molecule has 74 valence electrons. The number of Topliss-reactive ketones (excluding diaryl/α,β-unsaturated/α-hetero) is 1. The number of allylic oxidation sites excluding steroid dienone is 1. The maximum Gasteiger partial charge on any atom is 0.197 e. The van der Waals surface area contributed by atoms with E-state index < -0.39 is 36.8 Å². The zero-order valence-electron chi connectivity index (χ0n) is 6.97. The number of ketones is 1. The second-order valence-electron chi connectivity index (χ2n) is 3.02. The average molecular weight is 188 g/mol. The standard InChI is InChI=1S/C8H12O5/c9-2-5-4(7(12)3-10)1-6(11)8(5)13/h4,7,9-10,12-13H,1-3H2. The van der Waals surface area contributed by atoms with Crippen LogP contribution in [0.4, 0.5) is 0 Å². The summed E-state index contributed by atoms with van der Waals surface area (Å²) < 4.78 is 0. The first-order chi connectivity index (χ1) is 6.11. The van der Waals surface area contributed by atoms with Crippen molar-refractivity contribution in [2.24, 2.45) is 5.92 Å². The van der Waals surface area contributed by atoms with Crippen molar-refractivity contribution < 1.29 is 25.2 Å². The number of carbonyl (C=O) groups excluding carboxylic acids is 1. The van der Waals surface area contributed by atoms with Gasteiger partial charge < -0.3 is 20.4 Å². The van der Waals surface area contributed by atoms with Gasteiger partial charge in [0, 0.05) is 17.9 Å². The molecule has 0 aromatic carbocycles. The van der Waals surface area contributed by atoms with Crippen molar-refractivity contribution in [3.63, 3.8) is 0 Å². The van der Waals surface area contributed by atoms with Gasteiger partial charge in [0.1, 0.15) is 0 Å². The van der Waals surface area contributed by atoms with Gasteiger partial charge in [-0.1, -0.05) is 0 Å². The van der Waals surface area contributed by atoms with Gasteiger partial charge in [-0.2, -0.15) is 0 Å². The lowest BCUT2D eigenvalue weighted by molar-refractivity contribution is -0.118. The summed E-state index contributed by atoms with van der Waals surface area (Å²) in [6, 6.07) is 0. The SMILES string of the molecule is O=C1CC(C(O)CO)C(CO)=C1O. The molecule has 0 radical (unpaired) electrons. The smallest absolute Gasteiger partial charge is 0.197 e. The third kappa shape index (κ3) is 1.72. The van der Waals surface area contributed by atoms with Crippen molar-refractivity contribution >= 4 is 5.78 Å². The molecule has 0 aromatic rings. The van der Waals surface area contributed by atoms with Gasteiger partial charge in [0.2, 0.25) is 0 Å². The minimum atomic E-state index is -1.10. The van der Waals surface area contributed by atoms with Gasteiger partial charge in [0.05, 0.1) is 19.3 Å². The van der Waals surface area contributed by atoms with Gasteiger partial charge in [0.15, 0.2) is 11.5 Å². The number of rotatable bonds is 3. The number of aliphatic hydroxyl groups excluding tert-OH is 4. The summed E-state index contributed by atoms with van der Waals surface area (Å²) in [5.41, 5.74) is 0.117. The molecule has 0 spiro atoms. The average Bonchev–Trinajstić information content (AvgIpc) is 2.42. The molecule has 2 unspecified atom stereocenters. The lowest BCUT2D eigenvalue weighted by Crippen LogP contribution is -2.25. The summed E-state index contributed by atoms with van der Waals surface area (Å²) in [7, 11) is 0. The molecule has 0 aliphatic heterocycles. The molecule has 5 nitrogen and oxygen atoms in total. The quantitative estimate of drug-likeness (QED) is 0.443. The van der Waals surface area contributed by atoms with Crippen LogP contribution in [0.5, 0.6) is 0 Å². The van der Waals surface area contributed by atoms with Crippen LogP contribution in [0, 0.1) is 5.92 Å². The summed E-state index contributed by atoms with van der Waals surface area (Å²) in [5, 5.41) is 35.8. The molecule has 0 amide bonds. The van der Waals surface area contributed by atoms with E-state index in [2.05, 4.69) is 0 Å². The number of aliphatic hydroxyl groups is 4. The summed E-state index contributed by atoms with van der Waals surface area (Å²) in [6.07, 6.45) is -1.15. The Kier molecular flexibility index (Phi) is 3.02. The monoisotopic (exact) mass is 188 g/mol. The largest absolute Gasteiger partial charge is 0.504 e. The van der Waals surface area contributed by atoms with Gasteiger partial charge in [0.25, 0.3) is 0 Å². The van der Waals surface area contributed by atoms with Crippen molar-refractivity contribution in [3.05, 3.63) is 11.3 Å². The number of carbonyl (C=O) groups is 1. The predicted molar refractivity (Wildman–Crippen MR) is 42.9 cm³/mol. The highest BCUT2D eigenvalue weighted by Gasteiger charge is 2.35. The second kappa shape index (κ2) is 3.87. The van der Waals surface area contributed by atoms with Gasteiger partial charge >= 0.3 is 0 Å². The van der Waals surface area contributed by atoms with Gasteiger partial charge in [-0.25, -0.2) is 0 Å². The molecule has 4 N–H and O–H groups in total. The van der Waals surface area contributed by atoms with E-state index in [0.29, 0.717) is 0 Å². The fourth-order valence-electron chi connectivity index (χ4n) is 1.46. The maximum absolute atomic E-state index is 11.0. The van der Waals surface area contributed by atoms with Crippen LogP contribution < -0.4 is 0 Å². The van der Waals surface area contributed by atoms with E-state index in [1.54, 1.807) is 0 Å². The molecular weight excluding hydrogens is 176 g/mol. The molecular formula is C8H12O5. The fourth-order valence-corrected chi connectivity index (χ4v) is 1.46. The minimum Gasteiger partial charge on any atom is -0.504 e. The molecule has 0 aromatic heterocycles. The Morgan fingerprint density at radius 2 is 2.08 bits per heavy atom. The first kappa shape index (κ1) is 10.2. The molecule has 13 heavy (non-hydrogen) atoms. The molecule has 1 rings (SSSR count). The van der Waals surface area contributed by atoms with Crippen LogP contribution in [0.2, 0.25) is 0 Å². The second-order valence-corrected chi connectivity index (χ2v) is 3.02. The Labute approximate surface area is 74.9 Å². The lowest BCUT2D eigenvalue weighted by Gasteiger charge is -2.16. The highest BCUT2D eigenvalue weighted by molar-refractivity contribution is 5.97. The normalized spacial score (nSPS) is 25.5. The van der Waals surface area contributed by atoms with Crippen LogP contribution in [-0.2, 0) is 4.79 Å². The van der Waals surface area contributed by atoms with Crippen molar-refractivity contribution in [2.75, 3.05) is 13.2 Å². The van der Waals surface area contributed by atoms with Crippen molar-refractivity contribution in [3.8, 4) is 0 Å². The lowest BCUT2D eigenvalue weighted by atomic mass is 9.96. The zero-order chi connectivity index (χ0) is 10.0.